The van der Waals surface area contributed by atoms with Gasteiger partial charge in [0, 0.05) is 31.1 Å². The summed E-state index contributed by atoms with van der Waals surface area (Å²) in [7, 11) is 0. The molecule has 5 nitrogen and oxygen atoms in total. The summed E-state index contributed by atoms with van der Waals surface area (Å²) in [4.78, 5) is 29.0. The van der Waals surface area contributed by atoms with Gasteiger partial charge in [0.05, 0.1) is 0 Å². The first-order valence-corrected chi connectivity index (χ1v) is 8.79. The maximum absolute atomic E-state index is 12.7. The third-order valence-electron chi connectivity index (χ3n) is 5.11. The second-order valence-electron chi connectivity index (χ2n) is 7.79. The number of urea groups is 1. The zero-order chi connectivity index (χ0) is 17.3. The predicted molar refractivity (Wildman–Crippen MR) is 93.7 cm³/mol. The van der Waals surface area contributed by atoms with Gasteiger partial charge in [-0.15, -0.1) is 0 Å². The van der Waals surface area contributed by atoms with E-state index in [1.54, 1.807) is 0 Å². The first-order valence-electron chi connectivity index (χ1n) is 8.79. The molecule has 5 heteroatoms. The highest BCUT2D eigenvalue weighted by Crippen LogP contribution is 2.25. The van der Waals surface area contributed by atoms with Gasteiger partial charge in [0.25, 0.3) is 5.91 Å². The van der Waals surface area contributed by atoms with E-state index in [0.717, 1.165) is 31.5 Å². The zero-order valence-corrected chi connectivity index (χ0v) is 14.8. The average Bonchev–Trinajstić information content (AvgIpc) is 2.82. The molecular formula is C19H27N3O2. The molecule has 130 valence electrons. The molecule has 1 N–H and O–H groups in total. The van der Waals surface area contributed by atoms with Gasteiger partial charge in [0.1, 0.15) is 6.04 Å². The number of piperidine rings is 1. The topological polar surface area (TPSA) is 52.6 Å². The standard InChI is InChI=1S/C19H27N3O2/c1-19(2,3)21-11-9-15(10-12-21)22-17(23)16(20-18(22)24)13-14-7-5-4-6-8-14/h4-8,15-16H,9-13H2,1-3H3,(H,20,24). The summed E-state index contributed by atoms with van der Waals surface area (Å²) in [5, 5.41) is 2.86. The van der Waals surface area contributed by atoms with E-state index in [0.29, 0.717) is 6.42 Å². The summed E-state index contributed by atoms with van der Waals surface area (Å²) >= 11 is 0. The molecule has 3 rings (SSSR count). The van der Waals surface area contributed by atoms with Gasteiger partial charge in [-0.05, 0) is 39.2 Å². The van der Waals surface area contributed by atoms with Gasteiger partial charge in [0.2, 0.25) is 0 Å². The van der Waals surface area contributed by atoms with Crippen LogP contribution in [0.5, 0.6) is 0 Å². The van der Waals surface area contributed by atoms with Gasteiger partial charge in [-0.1, -0.05) is 30.3 Å². The van der Waals surface area contributed by atoms with Crippen molar-refractivity contribution in [3.05, 3.63) is 35.9 Å². The van der Waals surface area contributed by atoms with E-state index < -0.39 is 6.04 Å². The predicted octanol–water partition coefficient (Wildman–Crippen LogP) is 2.41. The van der Waals surface area contributed by atoms with Gasteiger partial charge >= 0.3 is 6.03 Å². The molecule has 0 spiro atoms. The summed E-state index contributed by atoms with van der Waals surface area (Å²) < 4.78 is 0. The van der Waals surface area contributed by atoms with Crippen molar-refractivity contribution in [3.8, 4) is 0 Å². The number of carbonyl (C=O) groups is 2. The minimum atomic E-state index is -0.430. The Morgan fingerprint density at radius 2 is 1.71 bits per heavy atom. The van der Waals surface area contributed by atoms with Crippen LogP contribution in [-0.2, 0) is 11.2 Å². The number of hydrogen-bond acceptors (Lipinski definition) is 3. The van der Waals surface area contributed by atoms with Crippen molar-refractivity contribution < 1.29 is 9.59 Å². The number of rotatable bonds is 3. The molecule has 2 aliphatic rings. The van der Waals surface area contributed by atoms with E-state index in [1.165, 1.54) is 4.90 Å². The molecule has 1 aromatic carbocycles. The molecule has 0 radical (unpaired) electrons. The lowest BCUT2D eigenvalue weighted by Gasteiger charge is -2.42. The van der Waals surface area contributed by atoms with E-state index in [1.807, 2.05) is 30.3 Å². The average molecular weight is 329 g/mol. The lowest BCUT2D eigenvalue weighted by atomic mass is 9.97. The van der Waals surface area contributed by atoms with Gasteiger partial charge in [-0.3, -0.25) is 14.6 Å². The van der Waals surface area contributed by atoms with E-state index in [9.17, 15) is 9.59 Å². The Morgan fingerprint density at radius 3 is 2.29 bits per heavy atom. The van der Waals surface area contributed by atoms with Crippen LogP contribution in [-0.4, -0.2) is 52.5 Å². The minimum Gasteiger partial charge on any atom is -0.325 e. The van der Waals surface area contributed by atoms with Gasteiger partial charge in [0.15, 0.2) is 0 Å². The molecule has 0 saturated carbocycles. The normalized spacial score (nSPS) is 23.6. The summed E-state index contributed by atoms with van der Waals surface area (Å²) in [5.74, 6) is -0.0712. The lowest BCUT2D eigenvalue weighted by molar-refractivity contribution is -0.129. The van der Waals surface area contributed by atoms with Crippen molar-refractivity contribution in [3.63, 3.8) is 0 Å². The second kappa shape index (κ2) is 6.55. The quantitative estimate of drug-likeness (QED) is 0.867. The monoisotopic (exact) mass is 329 g/mol. The molecule has 2 fully saturated rings. The molecule has 3 amide bonds. The largest absolute Gasteiger partial charge is 0.325 e. The van der Waals surface area contributed by atoms with E-state index in [2.05, 4.69) is 31.0 Å². The van der Waals surface area contributed by atoms with Crippen LogP contribution in [0.4, 0.5) is 4.79 Å². The van der Waals surface area contributed by atoms with Crippen LogP contribution in [0.2, 0.25) is 0 Å². The summed E-state index contributed by atoms with van der Waals surface area (Å²) in [6.45, 7) is 8.47. The number of amides is 3. The number of nitrogens with zero attached hydrogens (tertiary/aromatic N) is 2. The fourth-order valence-electron chi connectivity index (χ4n) is 3.68. The molecule has 24 heavy (non-hydrogen) atoms. The molecule has 1 unspecified atom stereocenters. The van der Waals surface area contributed by atoms with E-state index >= 15 is 0 Å². The number of nitrogens with one attached hydrogen (secondary N) is 1. The van der Waals surface area contributed by atoms with Crippen molar-refractivity contribution in [2.24, 2.45) is 0 Å². The first kappa shape index (κ1) is 17.0. The van der Waals surface area contributed by atoms with Gasteiger partial charge in [-0.2, -0.15) is 0 Å². The van der Waals surface area contributed by atoms with Crippen LogP contribution < -0.4 is 5.32 Å². The molecule has 2 heterocycles. The highest BCUT2D eigenvalue weighted by molar-refractivity contribution is 6.04. The Morgan fingerprint density at radius 1 is 1.08 bits per heavy atom. The molecule has 2 aliphatic heterocycles. The van der Waals surface area contributed by atoms with Crippen LogP contribution in [0.3, 0.4) is 0 Å². The summed E-state index contributed by atoms with van der Waals surface area (Å²) in [5.41, 5.74) is 1.21. The van der Waals surface area contributed by atoms with Crippen molar-refractivity contribution in [2.75, 3.05) is 13.1 Å². The number of carbonyl (C=O) groups excluding carboxylic acids is 2. The Kier molecular flexibility index (Phi) is 4.63. The fraction of sp³-hybridized carbons (Fsp3) is 0.579. The van der Waals surface area contributed by atoms with E-state index in [-0.39, 0.29) is 23.5 Å². The van der Waals surface area contributed by atoms with E-state index in [4.69, 9.17) is 0 Å². The maximum atomic E-state index is 12.7. The highest BCUT2D eigenvalue weighted by atomic mass is 16.2. The molecule has 1 aromatic rings. The second-order valence-corrected chi connectivity index (χ2v) is 7.79. The van der Waals surface area contributed by atoms with Crippen molar-refractivity contribution in [1.29, 1.82) is 0 Å². The van der Waals surface area contributed by atoms with Crippen LogP contribution in [0, 0.1) is 0 Å². The first-order chi connectivity index (χ1) is 11.4. The third kappa shape index (κ3) is 3.46. The van der Waals surface area contributed by atoms with Crippen LogP contribution in [0.25, 0.3) is 0 Å². The fourth-order valence-corrected chi connectivity index (χ4v) is 3.68. The van der Waals surface area contributed by atoms with Crippen molar-refractivity contribution in [1.82, 2.24) is 15.1 Å². The maximum Gasteiger partial charge on any atom is 0.325 e. The van der Waals surface area contributed by atoms with Crippen LogP contribution in [0.1, 0.15) is 39.2 Å². The zero-order valence-electron chi connectivity index (χ0n) is 14.8. The summed E-state index contributed by atoms with van der Waals surface area (Å²) in [6.07, 6.45) is 2.27. The molecular weight excluding hydrogens is 302 g/mol. The number of likely N-dealkylation sites (tertiary alicyclic amines) is 1. The van der Waals surface area contributed by atoms with Crippen molar-refractivity contribution >= 4 is 11.9 Å². The SMILES string of the molecule is CC(C)(C)N1CCC(N2C(=O)NC(Cc3ccccc3)C2=O)CC1. The number of imide groups is 1. The Labute approximate surface area is 144 Å². The molecule has 0 aliphatic carbocycles. The summed E-state index contributed by atoms with van der Waals surface area (Å²) in [6, 6.07) is 9.21. The number of hydrogen-bond donors (Lipinski definition) is 1. The molecule has 0 bridgehead atoms. The number of benzene rings is 1. The Balaban J connectivity index is 1.63. The Hall–Kier alpha value is -1.88. The molecule has 0 aromatic heterocycles. The van der Waals surface area contributed by atoms with Gasteiger partial charge < -0.3 is 5.32 Å². The molecule has 2 saturated heterocycles. The van der Waals surface area contributed by atoms with Gasteiger partial charge in [-0.25, -0.2) is 4.79 Å². The van der Waals surface area contributed by atoms with Crippen LogP contribution >= 0.6 is 0 Å². The van der Waals surface area contributed by atoms with Crippen LogP contribution in [0.15, 0.2) is 30.3 Å². The molecule has 1 atom stereocenters. The third-order valence-corrected chi connectivity index (χ3v) is 5.11. The lowest BCUT2D eigenvalue weighted by Crippen LogP contribution is -2.52. The Bertz CT molecular complexity index is 601. The highest BCUT2D eigenvalue weighted by Gasteiger charge is 2.43. The smallest absolute Gasteiger partial charge is 0.325 e. The van der Waals surface area contributed by atoms with Crippen molar-refractivity contribution in [2.45, 2.75) is 57.7 Å². The minimum absolute atomic E-state index is 0.0249.